The number of hydrogen-bond donors (Lipinski definition) is 1. The van der Waals surface area contributed by atoms with Gasteiger partial charge in [-0.1, -0.05) is 48.0 Å². The zero-order chi connectivity index (χ0) is 24.1. The highest BCUT2D eigenvalue weighted by Gasteiger charge is 2.41. The van der Waals surface area contributed by atoms with Crippen molar-refractivity contribution in [2.75, 3.05) is 12.4 Å². The molecule has 35 heavy (non-hydrogen) atoms. The predicted octanol–water partition coefficient (Wildman–Crippen LogP) is 5.59. The first-order valence-electron chi connectivity index (χ1n) is 11.2. The summed E-state index contributed by atoms with van der Waals surface area (Å²) in [6.07, 6.45) is 1.10. The molecule has 6 rings (SSSR count). The van der Waals surface area contributed by atoms with E-state index in [1.165, 1.54) is 7.11 Å². The van der Waals surface area contributed by atoms with Gasteiger partial charge in [0.15, 0.2) is 0 Å². The van der Waals surface area contributed by atoms with E-state index in [1.54, 1.807) is 18.5 Å². The van der Waals surface area contributed by atoms with E-state index in [9.17, 15) is 4.79 Å². The third-order valence-corrected chi connectivity index (χ3v) is 6.73. The van der Waals surface area contributed by atoms with Crippen molar-refractivity contribution in [3.63, 3.8) is 0 Å². The minimum Gasteiger partial charge on any atom is -0.480 e. The zero-order valence-corrected chi connectivity index (χ0v) is 19.8. The Morgan fingerprint density at radius 2 is 1.91 bits per heavy atom. The Kier molecular flexibility index (Phi) is 5.07. The Morgan fingerprint density at radius 3 is 2.69 bits per heavy atom. The van der Waals surface area contributed by atoms with Gasteiger partial charge in [0, 0.05) is 16.2 Å². The number of benzene rings is 3. The molecule has 2 unspecified atom stereocenters. The molecular formula is C27H21ClN4O3. The third-order valence-electron chi connectivity index (χ3n) is 6.49. The van der Waals surface area contributed by atoms with Gasteiger partial charge in [0.25, 0.3) is 0 Å². The van der Waals surface area contributed by atoms with Gasteiger partial charge in [0.2, 0.25) is 5.95 Å². The highest BCUT2D eigenvalue weighted by Crippen LogP contribution is 2.51. The fraction of sp³-hybridized carbons (Fsp3) is 0.148. The smallest absolute Gasteiger partial charge is 0.337 e. The summed E-state index contributed by atoms with van der Waals surface area (Å²) in [7, 11) is 1.37. The molecule has 0 radical (unpaired) electrons. The van der Waals surface area contributed by atoms with Gasteiger partial charge in [-0.2, -0.15) is 10.1 Å². The highest BCUT2D eigenvalue weighted by atomic mass is 35.5. The number of nitrogens with one attached hydrogen (secondary N) is 1. The van der Waals surface area contributed by atoms with Crippen molar-refractivity contribution in [2.24, 2.45) is 0 Å². The maximum atomic E-state index is 12.0. The summed E-state index contributed by atoms with van der Waals surface area (Å²) >= 11 is 6.40. The fourth-order valence-corrected chi connectivity index (χ4v) is 4.99. The minimum atomic E-state index is -0.445. The number of fused-ring (bicyclic) bond motifs is 3. The van der Waals surface area contributed by atoms with Crippen LogP contribution < -0.4 is 10.1 Å². The number of hydrogen-bond acceptors (Lipinski definition) is 6. The van der Waals surface area contributed by atoms with Crippen LogP contribution >= 0.6 is 11.6 Å². The van der Waals surface area contributed by atoms with Crippen molar-refractivity contribution in [3.05, 3.63) is 111 Å². The van der Waals surface area contributed by atoms with Gasteiger partial charge in [-0.25, -0.2) is 9.48 Å². The summed E-state index contributed by atoms with van der Waals surface area (Å²) < 4.78 is 13.4. The molecule has 174 valence electrons. The fourth-order valence-electron chi connectivity index (χ4n) is 4.82. The largest absolute Gasteiger partial charge is 0.480 e. The van der Waals surface area contributed by atoms with Gasteiger partial charge in [0.1, 0.15) is 24.2 Å². The standard InChI is InChI=1S/C27H21ClN4O3/c1-15-5-3-4-6-19(15)24-22-23(31-27-29-14-30-32(24)27)20-13-18(28)11-12-21(20)35-25(22)16-7-9-17(10-8-16)26(33)34-2/h3-14,24-25H,1-2H3,(H,29,30,31). The van der Waals surface area contributed by atoms with Crippen molar-refractivity contribution in [3.8, 4) is 5.75 Å². The molecule has 0 fully saturated rings. The number of rotatable bonds is 3. The van der Waals surface area contributed by atoms with E-state index in [0.29, 0.717) is 22.3 Å². The monoisotopic (exact) mass is 484 g/mol. The maximum Gasteiger partial charge on any atom is 0.337 e. The Hall–Kier alpha value is -4.10. The first kappa shape index (κ1) is 21.4. The molecule has 0 spiro atoms. The SMILES string of the molecule is COC(=O)c1ccc(C2Oc3ccc(Cl)cc3C3=C2C(c2ccccc2C)n2ncnc2N3)cc1. The van der Waals surface area contributed by atoms with Crippen LogP contribution in [0, 0.1) is 6.92 Å². The van der Waals surface area contributed by atoms with Crippen LogP contribution in [-0.4, -0.2) is 27.8 Å². The van der Waals surface area contributed by atoms with Crippen LogP contribution in [0.5, 0.6) is 5.75 Å². The van der Waals surface area contributed by atoms with E-state index in [4.69, 9.17) is 21.1 Å². The number of aromatic nitrogens is 3. The van der Waals surface area contributed by atoms with Gasteiger partial charge in [-0.05, 0) is 53.9 Å². The lowest BCUT2D eigenvalue weighted by molar-refractivity contribution is 0.0600. The summed E-state index contributed by atoms with van der Waals surface area (Å²) in [5, 5.41) is 8.65. The number of nitrogens with zero attached hydrogens (tertiary/aromatic N) is 3. The number of methoxy groups -OCH3 is 1. The van der Waals surface area contributed by atoms with Gasteiger partial charge >= 0.3 is 5.97 Å². The van der Waals surface area contributed by atoms with E-state index in [1.807, 2.05) is 47.1 Å². The van der Waals surface area contributed by atoms with Crippen LogP contribution in [-0.2, 0) is 4.74 Å². The van der Waals surface area contributed by atoms with Crippen LogP contribution in [0.1, 0.15) is 44.8 Å². The number of ether oxygens (including phenoxy) is 2. The van der Waals surface area contributed by atoms with Crippen LogP contribution in [0.2, 0.25) is 5.02 Å². The zero-order valence-electron chi connectivity index (χ0n) is 19.0. The van der Waals surface area contributed by atoms with Crippen LogP contribution in [0.15, 0.2) is 78.6 Å². The van der Waals surface area contributed by atoms with Gasteiger partial charge < -0.3 is 14.8 Å². The molecular weight excluding hydrogens is 464 g/mol. The molecule has 2 aliphatic heterocycles. The first-order chi connectivity index (χ1) is 17.0. The molecule has 3 heterocycles. The summed E-state index contributed by atoms with van der Waals surface area (Å²) in [6.45, 7) is 2.09. The molecule has 4 aromatic rings. The second-order valence-electron chi connectivity index (χ2n) is 8.49. The van der Waals surface area contributed by atoms with E-state index in [2.05, 4.69) is 34.5 Å². The van der Waals surface area contributed by atoms with Crippen molar-refractivity contribution in [1.29, 1.82) is 0 Å². The number of carbonyl (C=O) groups is 1. The normalized spacial score (nSPS) is 18.0. The first-order valence-corrected chi connectivity index (χ1v) is 11.5. The number of esters is 1. The predicted molar refractivity (Wildman–Crippen MR) is 132 cm³/mol. The molecule has 1 aromatic heterocycles. The average Bonchev–Trinajstić information content (AvgIpc) is 3.36. The van der Waals surface area contributed by atoms with E-state index in [-0.39, 0.29) is 12.0 Å². The molecule has 2 aliphatic rings. The summed E-state index contributed by atoms with van der Waals surface area (Å²) in [5.41, 5.74) is 6.34. The van der Waals surface area contributed by atoms with Crippen molar-refractivity contribution in [2.45, 2.75) is 19.1 Å². The Morgan fingerprint density at radius 1 is 1.11 bits per heavy atom. The molecule has 0 aliphatic carbocycles. The van der Waals surface area contributed by atoms with Gasteiger partial charge in [-0.3, -0.25) is 0 Å². The van der Waals surface area contributed by atoms with Crippen molar-refractivity contribution < 1.29 is 14.3 Å². The van der Waals surface area contributed by atoms with E-state index < -0.39 is 6.10 Å². The van der Waals surface area contributed by atoms with Gasteiger partial charge in [0.05, 0.1) is 18.4 Å². The molecule has 8 heteroatoms. The second kappa shape index (κ2) is 8.29. The lowest BCUT2D eigenvalue weighted by atomic mass is 9.83. The average molecular weight is 485 g/mol. The second-order valence-corrected chi connectivity index (χ2v) is 8.93. The van der Waals surface area contributed by atoms with Crippen molar-refractivity contribution in [1.82, 2.24) is 14.8 Å². The molecule has 0 bridgehead atoms. The third kappa shape index (κ3) is 3.47. The van der Waals surface area contributed by atoms with Crippen LogP contribution in [0.3, 0.4) is 0 Å². The lowest BCUT2D eigenvalue weighted by Crippen LogP contribution is -2.32. The molecule has 1 N–H and O–H groups in total. The Balaban J connectivity index is 1.59. The maximum absolute atomic E-state index is 12.0. The quantitative estimate of drug-likeness (QED) is 0.382. The highest BCUT2D eigenvalue weighted by molar-refractivity contribution is 6.30. The van der Waals surface area contributed by atoms with Gasteiger partial charge in [-0.15, -0.1) is 0 Å². The number of anilines is 1. The Bertz CT molecular complexity index is 1490. The summed E-state index contributed by atoms with van der Waals surface area (Å²) in [4.78, 5) is 16.5. The topological polar surface area (TPSA) is 78.3 Å². The molecule has 0 saturated heterocycles. The van der Waals surface area contributed by atoms with E-state index >= 15 is 0 Å². The minimum absolute atomic E-state index is 0.262. The number of carbonyl (C=O) groups excluding carboxylic acids is 1. The molecule has 7 nitrogen and oxygen atoms in total. The molecule has 0 saturated carbocycles. The summed E-state index contributed by atoms with van der Waals surface area (Å²) in [5.74, 6) is 0.967. The Labute approximate surface area is 207 Å². The lowest BCUT2D eigenvalue weighted by Gasteiger charge is -2.39. The number of halogens is 1. The van der Waals surface area contributed by atoms with Crippen molar-refractivity contribution >= 4 is 29.2 Å². The molecule has 3 aromatic carbocycles. The summed E-state index contributed by atoms with van der Waals surface area (Å²) in [6, 6.07) is 20.9. The molecule has 0 amide bonds. The van der Waals surface area contributed by atoms with E-state index in [0.717, 1.165) is 33.5 Å². The van der Waals surface area contributed by atoms with Crippen LogP contribution in [0.25, 0.3) is 5.70 Å². The number of aryl methyl sites for hydroxylation is 1. The molecule has 2 atom stereocenters. The van der Waals surface area contributed by atoms with Crippen LogP contribution in [0.4, 0.5) is 5.95 Å².